The highest BCUT2D eigenvalue weighted by Crippen LogP contribution is 2.28. The summed E-state index contributed by atoms with van der Waals surface area (Å²) in [6, 6.07) is 11.7. The van der Waals surface area contributed by atoms with E-state index in [0.717, 1.165) is 36.8 Å². The number of hydrogen-bond acceptors (Lipinski definition) is 4. The van der Waals surface area contributed by atoms with Crippen LogP contribution in [0, 0.1) is 39.5 Å². The minimum Gasteiger partial charge on any atom is -0.484 e. The Bertz CT molecular complexity index is 911. The monoisotopic (exact) mass is 466 g/mol. The average molecular weight is 467 g/mol. The average Bonchev–Trinajstić information content (AvgIpc) is 2.83. The fraction of sp³-hybridized carbons (Fsp3) is 0.500. The van der Waals surface area contributed by atoms with Gasteiger partial charge in [0.15, 0.2) is 13.2 Å². The number of carbonyl (C=O) groups is 2. The van der Waals surface area contributed by atoms with Gasteiger partial charge in [-0.25, -0.2) is 0 Å². The van der Waals surface area contributed by atoms with Crippen molar-refractivity contribution >= 4 is 11.8 Å². The molecule has 2 aromatic rings. The molecule has 0 unspecified atom stereocenters. The second kappa shape index (κ2) is 12.4. The van der Waals surface area contributed by atoms with Crippen molar-refractivity contribution < 1.29 is 19.1 Å². The third kappa shape index (κ3) is 8.08. The molecule has 1 aliphatic carbocycles. The molecule has 0 bridgehead atoms. The Morgan fingerprint density at radius 2 is 1.18 bits per heavy atom. The lowest BCUT2D eigenvalue weighted by Crippen LogP contribution is -2.38. The maximum absolute atomic E-state index is 12.2. The minimum atomic E-state index is -0.0999. The maximum atomic E-state index is 12.2. The van der Waals surface area contributed by atoms with E-state index in [2.05, 4.69) is 24.5 Å². The van der Waals surface area contributed by atoms with Gasteiger partial charge in [0.25, 0.3) is 11.8 Å². The van der Waals surface area contributed by atoms with E-state index < -0.39 is 0 Å². The Morgan fingerprint density at radius 3 is 1.59 bits per heavy atom. The first-order chi connectivity index (χ1) is 16.3. The Labute approximate surface area is 203 Å². The van der Waals surface area contributed by atoms with Gasteiger partial charge in [0, 0.05) is 13.1 Å². The molecule has 0 radical (unpaired) electrons. The predicted octanol–water partition coefficient (Wildman–Crippen LogP) is 4.42. The van der Waals surface area contributed by atoms with Crippen molar-refractivity contribution in [1.29, 1.82) is 0 Å². The van der Waals surface area contributed by atoms with Crippen LogP contribution in [0.15, 0.2) is 36.4 Å². The summed E-state index contributed by atoms with van der Waals surface area (Å²) in [5, 5.41) is 6.02. The second-order valence-electron chi connectivity index (χ2n) is 9.58. The minimum absolute atomic E-state index is 0.0230. The molecule has 0 saturated heterocycles. The number of aryl methyl sites for hydroxylation is 4. The summed E-state index contributed by atoms with van der Waals surface area (Å²) in [6.07, 6.45) is 4.30. The van der Waals surface area contributed by atoms with Crippen LogP contribution in [0.3, 0.4) is 0 Å². The molecule has 2 amide bonds. The van der Waals surface area contributed by atoms with Gasteiger partial charge in [0.2, 0.25) is 0 Å². The fourth-order valence-electron chi connectivity index (χ4n) is 4.30. The SMILES string of the molecule is Cc1ccc(OCC(=O)NC[C@@H]2CCC[C@@H](CNC(=O)COc3ccc(C)c(C)c3)C2)cc1C. The highest BCUT2D eigenvalue weighted by Gasteiger charge is 2.23. The molecule has 2 aromatic carbocycles. The van der Waals surface area contributed by atoms with Crippen molar-refractivity contribution in [2.24, 2.45) is 11.8 Å². The molecule has 1 fully saturated rings. The van der Waals surface area contributed by atoms with Gasteiger partial charge in [0.1, 0.15) is 11.5 Å². The number of ether oxygens (including phenoxy) is 2. The topological polar surface area (TPSA) is 76.7 Å². The predicted molar refractivity (Wildman–Crippen MR) is 134 cm³/mol. The van der Waals surface area contributed by atoms with Crippen molar-refractivity contribution in [3.63, 3.8) is 0 Å². The van der Waals surface area contributed by atoms with E-state index in [-0.39, 0.29) is 25.0 Å². The van der Waals surface area contributed by atoms with Crippen molar-refractivity contribution in [3.05, 3.63) is 58.7 Å². The molecule has 0 spiro atoms. The number of benzene rings is 2. The van der Waals surface area contributed by atoms with Crippen molar-refractivity contribution in [1.82, 2.24) is 10.6 Å². The van der Waals surface area contributed by atoms with E-state index in [1.165, 1.54) is 11.1 Å². The molecule has 1 saturated carbocycles. The summed E-state index contributed by atoms with van der Waals surface area (Å²) in [5.74, 6) is 2.08. The number of rotatable bonds is 10. The lowest BCUT2D eigenvalue weighted by Gasteiger charge is -2.29. The number of amides is 2. The zero-order valence-corrected chi connectivity index (χ0v) is 20.9. The molecule has 0 aliphatic heterocycles. The smallest absolute Gasteiger partial charge is 0.257 e. The molecule has 0 heterocycles. The van der Waals surface area contributed by atoms with Crippen molar-refractivity contribution in [2.75, 3.05) is 26.3 Å². The molecule has 2 N–H and O–H groups in total. The lowest BCUT2D eigenvalue weighted by molar-refractivity contribution is -0.123. The molecule has 6 heteroatoms. The Balaban J connectivity index is 1.32. The molecule has 0 aromatic heterocycles. The molecule has 6 nitrogen and oxygen atoms in total. The quantitative estimate of drug-likeness (QED) is 0.544. The van der Waals surface area contributed by atoms with Gasteiger partial charge in [0.05, 0.1) is 0 Å². The van der Waals surface area contributed by atoms with E-state index in [1.54, 1.807) is 0 Å². The number of hydrogen-bond donors (Lipinski definition) is 2. The van der Waals surface area contributed by atoms with Crippen LogP contribution in [0.2, 0.25) is 0 Å². The fourth-order valence-corrected chi connectivity index (χ4v) is 4.30. The van der Waals surface area contributed by atoms with Gasteiger partial charge < -0.3 is 20.1 Å². The Hall–Kier alpha value is -3.02. The van der Waals surface area contributed by atoms with Gasteiger partial charge in [-0.05, 0) is 105 Å². The maximum Gasteiger partial charge on any atom is 0.257 e. The standard InChI is InChI=1S/C28H38N2O4/c1-19-8-10-25(12-21(19)3)33-17-27(31)29-15-23-6-5-7-24(14-23)16-30-28(32)18-34-26-11-9-20(2)22(4)13-26/h8-13,23-24H,5-7,14-18H2,1-4H3,(H,29,31)(H,30,32)/t23-,24-/m1/s1. The molecule has 2 atom stereocenters. The van der Waals surface area contributed by atoms with Gasteiger partial charge in [-0.2, -0.15) is 0 Å². The van der Waals surface area contributed by atoms with Crippen LogP contribution in [0.25, 0.3) is 0 Å². The summed E-state index contributed by atoms with van der Waals surface area (Å²) in [5.41, 5.74) is 4.70. The van der Waals surface area contributed by atoms with Crippen LogP contribution < -0.4 is 20.1 Å². The van der Waals surface area contributed by atoms with Crippen LogP contribution >= 0.6 is 0 Å². The van der Waals surface area contributed by atoms with Crippen LogP contribution in [-0.2, 0) is 9.59 Å². The van der Waals surface area contributed by atoms with Gasteiger partial charge in [-0.3, -0.25) is 9.59 Å². The molecular weight excluding hydrogens is 428 g/mol. The first-order valence-corrected chi connectivity index (χ1v) is 12.2. The third-order valence-electron chi connectivity index (χ3n) is 6.76. The zero-order chi connectivity index (χ0) is 24.5. The molecular formula is C28H38N2O4. The Morgan fingerprint density at radius 1 is 0.735 bits per heavy atom. The molecule has 1 aliphatic rings. The van der Waals surface area contributed by atoms with Crippen LogP contribution in [0.4, 0.5) is 0 Å². The highest BCUT2D eigenvalue weighted by molar-refractivity contribution is 5.77. The third-order valence-corrected chi connectivity index (χ3v) is 6.76. The van der Waals surface area contributed by atoms with Gasteiger partial charge in [-0.1, -0.05) is 18.6 Å². The van der Waals surface area contributed by atoms with E-state index in [4.69, 9.17) is 9.47 Å². The summed E-state index contributed by atoms with van der Waals surface area (Å²) < 4.78 is 11.3. The summed E-state index contributed by atoms with van der Waals surface area (Å²) >= 11 is 0. The first-order valence-electron chi connectivity index (χ1n) is 12.2. The van der Waals surface area contributed by atoms with Crippen molar-refractivity contribution in [2.45, 2.75) is 53.4 Å². The van der Waals surface area contributed by atoms with Crippen LogP contribution in [0.5, 0.6) is 11.5 Å². The lowest BCUT2D eigenvalue weighted by atomic mass is 9.81. The van der Waals surface area contributed by atoms with E-state index in [0.29, 0.717) is 36.4 Å². The number of carbonyl (C=O) groups excluding carboxylic acids is 2. The van der Waals surface area contributed by atoms with E-state index >= 15 is 0 Å². The molecule has 184 valence electrons. The molecule has 3 rings (SSSR count). The van der Waals surface area contributed by atoms with Crippen LogP contribution in [-0.4, -0.2) is 38.1 Å². The first kappa shape index (κ1) is 25.6. The van der Waals surface area contributed by atoms with E-state index in [9.17, 15) is 9.59 Å². The summed E-state index contributed by atoms with van der Waals surface area (Å²) in [6.45, 7) is 9.50. The zero-order valence-electron chi connectivity index (χ0n) is 20.9. The Kier molecular flexibility index (Phi) is 9.37. The normalized spacial score (nSPS) is 17.6. The van der Waals surface area contributed by atoms with Gasteiger partial charge in [-0.15, -0.1) is 0 Å². The number of nitrogens with one attached hydrogen (secondary N) is 2. The van der Waals surface area contributed by atoms with Gasteiger partial charge >= 0.3 is 0 Å². The summed E-state index contributed by atoms with van der Waals surface area (Å²) in [7, 11) is 0. The van der Waals surface area contributed by atoms with Crippen LogP contribution in [0.1, 0.15) is 47.9 Å². The largest absolute Gasteiger partial charge is 0.484 e. The van der Waals surface area contributed by atoms with E-state index in [1.807, 2.05) is 50.2 Å². The highest BCUT2D eigenvalue weighted by atomic mass is 16.5. The summed E-state index contributed by atoms with van der Waals surface area (Å²) in [4.78, 5) is 24.5. The second-order valence-corrected chi connectivity index (χ2v) is 9.58. The molecule has 34 heavy (non-hydrogen) atoms. The van der Waals surface area contributed by atoms with Crippen molar-refractivity contribution in [3.8, 4) is 11.5 Å².